The minimum Gasteiger partial charge on any atom is -0.465 e. The quantitative estimate of drug-likeness (QED) is 0.412. The molecule has 0 amide bonds. The Bertz CT molecular complexity index is 1360. The number of H-pyrrole nitrogens is 1. The molecule has 0 saturated carbocycles. The monoisotopic (exact) mass is 415 g/mol. The van der Waals surface area contributed by atoms with Gasteiger partial charge in [0.05, 0.1) is 12.7 Å². The van der Waals surface area contributed by atoms with Crippen molar-refractivity contribution in [2.45, 2.75) is 0 Å². The lowest BCUT2D eigenvalue weighted by Crippen LogP contribution is -2.21. The number of carbonyl (C=O) groups is 1. The number of halogens is 1. The number of ether oxygens (including phenoxy) is 2. The lowest BCUT2D eigenvalue weighted by atomic mass is 9.93. The molecule has 30 heavy (non-hydrogen) atoms. The van der Waals surface area contributed by atoms with Crippen molar-refractivity contribution in [3.05, 3.63) is 87.4 Å². The molecule has 3 aromatic carbocycles. The van der Waals surface area contributed by atoms with Gasteiger partial charge in [0, 0.05) is 32.1 Å². The van der Waals surface area contributed by atoms with Crippen LogP contribution in [0.4, 0.5) is 0 Å². The van der Waals surface area contributed by atoms with Crippen molar-refractivity contribution in [3.63, 3.8) is 0 Å². The van der Waals surface area contributed by atoms with E-state index in [9.17, 15) is 4.79 Å². The van der Waals surface area contributed by atoms with Gasteiger partial charge in [0.2, 0.25) is 0 Å². The molecule has 148 valence electrons. The van der Waals surface area contributed by atoms with E-state index in [1.54, 1.807) is 24.3 Å². The zero-order valence-corrected chi connectivity index (χ0v) is 17.4. The maximum atomic E-state index is 11.6. The molecule has 0 atom stereocenters. The smallest absolute Gasteiger partial charge is 0.337 e. The Morgan fingerprint density at radius 1 is 1.10 bits per heavy atom. The summed E-state index contributed by atoms with van der Waals surface area (Å²) in [6, 6.07) is 18.6. The van der Waals surface area contributed by atoms with Crippen LogP contribution in [0.5, 0.6) is 11.5 Å². The summed E-state index contributed by atoms with van der Waals surface area (Å²) in [5.41, 5.74) is 3.45. The molecule has 4 rings (SSSR count). The topological polar surface area (TPSA) is 51.3 Å². The first kappa shape index (κ1) is 19.9. The van der Waals surface area contributed by atoms with Crippen LogP contribution in [0.15, 0.2) is 60.7 Å². The molecule has 0 saturated heterocycles. The normalized spacial score (nSPS) is 11.6. The number of rotatable bonds is 4. The van der Waals surface area contributed by atoms with Gasteiger partial charge in [-0.3, -0.25) is 0 Å². The van der Waals surface area contributed by atoms with Crippen molar-refractivity contribution in [2.24, 2.45) is 0 Å². The number of fused-ring (bicyclic) bond motifs is 1. The van der Waals surface area contributed by atoms with Gasteiger partial charge in [-0.1, -0.05) is 41.8 Å². The fourth-order valence-corrected chi connectivity index (χ4v) is 3.52. The molecule has 1 N–H and O–H groups in total. The fourth-order valence-electron chi connectivity index (χ4n) is 3.35. The van der Waals surface area contributed by atoms with Crippen LogP contribution in [-0.4, -0.2) is 25.9 Å². The number of methoxy groups -OCH3 is 1. The minimum atomic E-state index is -0.381. The maximum Gasteiger partial charge on any atom is 0.337 e. The average molecular weight is 416 g/mol. The second-order valence-corrected chi connectivity index (χ2v) is 7.45. The van der Waals surface area contributed by atoms with E-state index in [2.05, 4.69) is 23.7 Å². The van der Waals surface area contributed by atoms with Gasteiger partial charge in [0.1, 0.15) is 19.3 Å². The number of carbonyl (C=O) groups excluding carboxylic acids is 1. The van der Waals surface area contributed by atoms with E-state index < -0.39 is 0 Å². The molecule has 0 spiro atoms. The minimum absolute atomic E-state index is 0.381. The maximum absolute atomic E-state index is 11.6. The second kappa shape index (κ2) is 8.13. The highest BCUT2D eigenvalue weighted by Gasteiger charge is 2.08. The summed E-state index contributed by atoms with van der Waals surface area (Å²) >= 11 is 6.12. The number of esters is 1. The Labute approximate surface area is 179 Å². The summed E-state index contributed by atoms with van der Waals surface area (Å²) in [5, 5.41) is 3.50. The van der Waals surface area contributed by atoms with Crippen LogP contribution in [-0.2, 0) is 4.74 Å². The van der Waals surface area contributed by atoms with Crippen molar-refractivity contribution in [1.82, 2.24) is 4.98 Å². The van der Waals surface area contributed by atoms with E-state index in [0.717, 1.165) is 32.5 Å². The Kier molecular flexibility index (Phi) is 5.38. The van der Waals surface area contributed by atoms with Crippen molar-refractivity contribution < 1.29 is 14.3 Å². The third kappa shape index (κ3) is 3.98. The first-order valence-corrected chi connectivity index (χ1v) is 9.77. The summed E-state index contributed by atoms with van der Waals surface area (Å²) in [6.07, 6.45) is 2.06. The van der Waals surface area contributed by atoms with Crippen LogP contribution in [0, 0.1) is 0 Å². The Balaban J connectivity index is 1.77. The van der Waals surface area contributed by atoms with Crippen LogP contribution in [0.1, 0.15) is 15.9 Å². The summed E-state index contributed by atoms with van der Waals surface area (Å²) in [6.45, 7) is 4.14. The number of aromatic amines is 1. The van der Waals surface area contributed by atoms with Gasteiger partial charge < -0.3 is 14.5 Å². The average Bonchev–Trinajstić information content (AvgIpc) is 3.04. The van der Waals surface area contributed by atoms with Gasteiger partial charge in [-0.2, -0.15) is 0 Å². The first-order valence-electron chi connectivity index (χ1n) is 9.39. The second-order valence-electron chi connectivity index (χ2n) is 7.01. The van der Waals surface area contributed by atoms with Crippen molar-refractivity contribution >= 4 is 54.4 Å². The third-order valence-corrected chi connectivity index (χ3v) is 5.09. The van der Waals surface area contributed by atoms with Gasteiger partial charge in [-0.05, 0) is 48.5 Å². The molecule has 4 nitrogen and oxygen atoms in total. The summed E-state index contributed by atoms with van der Waals surface area (Å²) in [7, 11) is 3.39. The van der Waals surface area contributed by atoms with E-state index >= 15 is 0 Å². The van der Waals surface area contributed by atoms with E-state index in [-0.39, 0.29) is 5.97 Å². The van der Waals surface area contributed by atoms with Crippen LogP contribution in [0.25, 0.3) is 23.6 Å². The Morgan fingerprint density at radius 2 is 1.87 bits per heavy atom. The van der Waals surface area contributed by atoms with Gasteiger partial charge in [0.25, 0.3) is 0 Å². The number of hydrogen-bond acceptors (Lipinski definition) is 3. The van der Waals surface area contributed by atoms with E-state index in [0.29, 0.717) is 22.1 Å². The van der Waals surface area contributed by atoms with Crippen LogP contribution >= 0.6 is 11.6 Å². The fraction of sp³-hybridized carbons (Fsp3) is 0.0417. The molecular weight excluding hydrogens is 397 g/mol. The summed E-state index contributed by atoms with van der Waals surface area (Å²) in [4.78, 5) is 14.9. The van der Waals surface area contributed by atoms with Gasteiger partial charge in [0.15, 0.2) is 0 Å². The molecule has 0 aliphatic rings. The Morgan fingerprint density at radius 3 is 2.60 bits per heavy atom. The highest BCUT2D eigenvalue weighted by molar-refractivity contribution is 6.32. The van der Waals surface area contributed by atoms with Crippen molar-refractivity contribution in [2.75, 3.05) is 7.11 Å². The Hall–Kier alpha value is -3.44. The highest BCUT2D eigenvalue weighted by atomic mass is 35.5. The lowest BCUT2D eigenvalue weighted by molar-refractivity contribution is 0.0600. The zero-order valence-electron chi connectivity index (χ0n) is 16.7. The lowest BCUT2D eigenvalue weighted by Gasteiger charge is -2.10. The number of benzene rings is 3. The molecule has 0 bridgehead atoms. The van der Waals surface area contributed by atoms with Crippen molar-refractivity contribution in [3.8, 4) is 11.5 Å². The summed E-state index contributed by atoms with van der Waals surface area (Å²) in [5.74, 6) is 0.948. The highest BCUT2D eigenvalue weighted by Crippen LogP contribution is 2.26. The van der Waals surface area contributed by atoms with Crippen LogP contribution in [0.2, 0.25) is 5.02 Å². The molecule has 0 radical (unpaired) electrons. The zero-order chi connectivity index (χ0) is 21.3. The molecule has 0 aliphatic heterocycles. The molecule has 6 heteroatoms. The molecule has 4 aromatic rings. The largest absolute Gasteiger partial charge is 0.465 e. The van der Waals surface area contributed by atoms with E-state index in [1.807, 2.05) is 38.2 Å². The molecule has 1 heterocycles. The molecule has 0 unspecified atom stereocenters. The number of hydrogen-bond donors (Lipinski definition) is 1. The predicted molar refractivity (Wildman–Crippen MR) is 124 cm³/mol. The number of aromatic nitrogens is 1. The van der Waals surface area contributed by atoms with Crippen molar-refractivity contribution in [1.29, 1.82) is 0 Å². The molecular formula is C24H19BClNO3. The van der Waals surface area contributed by atoms with Crippen LogP contribution in [0.3, 0.4) is 0 Å². The molecule has 1 aromatic heterocycles. The van der Waals surface area contributed by atoms with Crippen LogP contribution < -0.4 is 20.8 Å². The van der Waals surface area contributed by atoms with Gasteiger partial charge in [-0.25, -0.2) is 4.79 Å². The molecule has 0 fully saturated rings. The molecule has 0 aliphatic carbocycles. The van der Waals surface area contributed by atoms with E-state index in [4.69, 9.17) is 21.1 Å². The predicted octanol–water partition coefficient (Wildman–Crippen LogP) is 2.90. The first-order chi connectivity index (χ1) is 14.4. The summed E-state index contributed by atoms with van der Waals surface area (Å²) < 4.78 is 10.9. The SMILES string of the molecule is Bc1ccc(Oc2ccc(C(=O)OC)cc2)c(C=c2c(=C)[nH]c3cc(Cl)ccc23)c1. The third-order valence-electron chi connectivity index (χ3n) is 4.85. The number of nitrogens with one attached hydrogen (secondary N) is 1. The van der Waals surface area contributed by atoms with Gasteiger partial charge in [-0.15, -0.1) is 0 Å². The van der Waals surface area contributed by atoms with Gasteiger partial charge >= 0.3 is 5.97 Å². The van der Waals surface area contributed by atoms with E-state index in [1.165, 1.54) is 7.11 Å². The standard InChI is InChI=1S/C24H19BClNO3/c1-14-21(20-9-6-18(26)13-22(20)27-14)12-16-11-17(25)5-10-23(16)30-19-7-3-15(4-8-19)24(28)29-2/h3-13,27H,1,25H2,2H3.